The van der Waals surface area contributed by atoms with Gasteiger partial charge in [0.1, 0.15) is 0 Å². The van der Waals surface area contributed by atoms with Gasteiger partial charge in [0.25, 0.3) is 0 Å². The molecule has 1 fully saturated rings. The number of nitrogens with zero attached hydrogens (tertiary/aromatic N) is 1. The van der Waals surface area contributed by atoms with E-state index >= 15 is 0 Å². The first kappa shape index (κ1) is 16.8. The topological polar surface area (TPSA) is 82.1 Å². The lowest BCUT2D eigenvalue weighted by molar-refractivity contribution is -0.146. The van der Waals surface area contributed by atoms with Crippen molar-refractivity contribution in [3.05, 3.63) is 23.8 Å². The summed E-state index contributed by atoms with van der Waals surface area (Å²) >= 11 is 0. The van der Waals surface area contributed by atoms with Crippen molar-refractivity contribution in [2.24, 2.45) is 0 Å². The molecule has 1 aromatic carbocycles. The molecule has 7 heteroatoms. The largest absolute Gasteiger partial charge is 0.493 e. The Bertz CT molecular complexity index is 611. The van der Waals surface area contributed by atoms with Crippen molar-refractivity contribution in [2.75, 3.05) is 21.3 Å². The third-order valence-corrected chi connectivity index (χ3v) is 3.78. The predicted molar refractivity (Wildman–Crippen MR) is 80.0 cm³/mol. The SMILES string of the molecule is COC(=O)CC(c1ccc(OC)c(OC)c1)N1C(=O)CCC1=O. The molecule has 1 unspecified atom stereocenters. The van der Waals surface area contributed by atoms with Crippen LogP contribution in [0.3, 0.4) is 0 Å². The quantitative estimate of drug-likeness (QED) is 0.583. The molecule has 1 aliphatic rings. The zero-order chi connectivity index (χ0) is 17.0. The van der Waals surface area contributed by atoms with Gasteiger partial charge in [0.15, 0.2) is 11.5 Å². The van der Waals surface area contributed by atoms with Crippen LogP contribution in [0.2, 0.25) is 0 Å². The highest BCUT2D eigenvalue weighted by Gasteiger charge is 2.37. The maximum Gasteiger partial charge on any atom is 0.307 e. The second-order valence-electron chi connectivity index (χ2n) is 5.07. The molecule has 1 aromatic rings. The Hall–Kier alpha value is -2.57. The zero-order valence-electron chi connectivity index (χ0n) is 13.3. The van der Waals surface area contributed by atoms with Crippen LogP contribution in [0, 0.1) is 0 Å². The van der Waals surface area contributed by atoms with E-state index in [4.69, 9.17) is 9.47 Å². The Morgan fingerprint density at radius 2 is 1.70 bits per heavy atom. The number of imide groups is 1. The summed E-state index contributed by atoms with van der Waals surface area (Å²) < 4.78 is 15.1. The fraction of sp³-hybridized carbons (Fsp3) is 0.438. The molecule has 0 aliphatic carbocycles. The fourth-order valence-corrected chi connectivity index (χ4v) is 2.60. The Morgan fingerprint density at radius 1 is 1.09 bits per heavy atom. The average Bonchev–Trinajstić information content (AvgIpc) is 2.90. The molecular weight excluding hydrogens is 302 g/mol. The van der Waals surface area contributed by atoms with E-state index in [1.807, 2.05) is 0 Å². The van der Waals surface area contributed by atoms with Gasteiger partial charge in [0.2, 0.25) is 11.8 Å². The van der Waals surface area contributed by atoms with Crippen molar-refractivity contribution in [3.63, 3.8) is 0 Å². The third kappa shape index (κ3) is 3.44. The minimum absolute atomic E-state index is 0.108. The van der Waals surface area contributed by atoms with Gasteiger partial charge < -0.3 is 14.2 Å². The molecular formula is C16H19NO6. The second-order valence-corrected chi connectivity index (χ2v) is 5.07. The molecule has 7 nitrogen and oxygen atoms in total. The van der Waals surface area contributed by atoms with Crippen LogP contribution in [-0.2, 0) is 19.1 Å². The molecule has 0 bridgehead atoms. The van der Waals surface area contributed by atoms with Crippen molar-refractivity contribution < 1.29 is 28.6 Å². The number of esters is 1. The Morgan fingerprint density at radius 3 is 2.22 bits per heavy atom. The number of methoxy groups -OCH3 is 3. The van der Waals surface area contributed by atoms with Crippen LogP contribution in [0.5, 0.6) is 11.5 Å². The standard InChI is InChI=1S/C16H19NO6/c1-21-12-5-4-10(8-13(12)22-2)11(9-16(20)23-3)17-14(18)6-7-15(17)19/h4-5,8,11H,6-7,9H2,1-3H3. The van der Waals surface area contributed by atoms with Crippen molar-refractivity contribution >= 4 is 17.8 Å². The molecule has 1 aliphatic heterocycles. The average molecular weight is 321 g/mol. The number of amides is 2. The molecule has 0 spiro atoms. The monoisotopic (exact) mass is 321 g/mol. The second kappa shape index (κ2) is 7.13. The minimum atomic E-state index is -0.718. The summed E-state index contributed by atoms with van der Waals surface area (Å²) in [6.07, 6.45) is 0.205. The van der Waals surface area contributed by atoms with Gasteiger partial charge in [-0.05, 0) is 17.7 Å². The smallest absolute Gasteiger partial charge is 0.307 e. The summed E-state index contributed by atoms with van der Waals surface area (Å²) in [5, 5.41) is 0. The van der Waals surface area contributed by atoms with Crippen LogP contribution in [0.25, 0.3) is 0 Å². The molecule has 0 saturated carbocycles. The van der Waals surface area contributed by atoms with Crippen LogP contribution in [0.1, 0.15) is 30.9 Å². The number of hydrogen-bond donors (Lipinski definition) is 0. The number of carbonyl (C=O) groups is 3. The maximum absolute atomic E-state index is 12.0. The molecule has 0 aromatic heterocycles. The highest BCUT2D eigenvalue weighted by atomic mass is 16.5. The highest BCUT2D eigenvalue weighted by Crippen LogP contribution is 2.35. The van der Waals surface area contributed by atoms with E-state index in [-0.39, 0.29) is 31.1 Å². The number of carbonyl (C=O) groups excluding carboxylic acids is 3. The summed E-state index contributed by atoms with van der Waals surface area (Å²) in [6, 6.07) is 4.31. The van der Waals surface area contributed by atoms with Crippen molar-refractivity contribution in [1.82, 2.24) is 4.90 Å². The summed E-state index contributed by atoms with van der Waals surface area (Å²) in [5.41, 5.74) is 0.608. The Labute approximate surface area is 134 Å². The highest BCUT2D eigenvalue weighted by molar-refractivity contribution is 6.02. The molecule has 1 heterocycles. The van der Waals surface area contributed by atoms with Crippen molar-refractivity contribution in [3.8, 4) is 11.5 Å². The van der Waals surface area contributed by atoms with Crippen LogP contribution in [0.15, 0.2) is 18.2 Å². The summed E-state index contributed by atoms with van der Waals surface area (Å²) in [5.74, 6) is -0.110. The molecule has 0 N–H and O–H groups in total. The molecule has 1 saturated heterocycles. The number of benzene rings is 1. The normalized spacial score (nSPS) is 15.5. The summed E-state index contributed by atoms with van der Waals surface area (Å²) in [4.78, 5) is 36.9. The first-order valence-corrected chi connectivity index (χ1v) is 7.15. The van der Waals surface area contributed by atoms with Gasteiger partial charge >= 0.3 is 5.97 Å². The Kier molecular flexibility index (Phi) is 5.20. The van der Waals surface area contributed by atoms with Gasteiger partial charge in [0.05, 0.1) is 33.8 Å². The first-order chi connectivity index (χ1) is 11.0. The van der Waals surface area contributed by atoms with E-state index in [1.165, 1.54) is 21.3 Å². The molecule has 1 atom stereocenters. The van der Waals surface area contributed by atoms with E-state index in [0.29, 0.717) is 17.1 Å². The van der Waals surface area contributed by atoms with Gasteiger partial charge in [-0.3, -0.25) is 19.3 Å². The molecule has 124 valence electrons. The van der Waals surface area contributed by atoms with E-state index < -0.39 is 12.0 Å². The van der Waals surface area contributed by atoms with Crippen LogP contribution in [-0.4, -0.2) is 44.0 Å². The van der Waals surface area contributed by atoms with Crippen molar-refractivity contribution in [1.29, 1.82) is 0 Å². The summed E-state index contributed by atoms with van der Waals surface area (Å²) in [7, 11) is 4.27. The number of rotatable bonds is 6. The van der Waals surface area contributed by atoms with Gasteiger partial charge in [-0.2, -0.15) is 0 Å². The molecule has 0 radical (unpaired) electrons. The molecule has 23 heavy (non-hydrogen) atoms. The van der Waals surface area contributed by atoms with Gasteiger partial charge in [-0.15, -0.1) is 0 Å². The number of likely N-dealkylation sites (tertiary alicyclic amines) is 1. The van der Waals surface area contributed by atoms with E-state index in [1.54, 1.807) is 18.2 Å². The fourth-order valence-electron chi connectivity index (χ4n) is 2.60. The van der Waals surface area contributed by atoms with Gasteiger partial charge in [0, 0.05) is 12.8 Å². The number of ether oxygens (including phenoxy) is 3. The third-order valence-electron chi connectivity index (χ3n) is 3.78. The van der Waals surface area contributed by atoms with E-state index in [0.717, 1.165) is 4.90 Å². The minimum Gasteiger partial charge on any atom is -0.493 e. The zero-order valence-corrected chi connectivity index (χ0v) is 13.3. The lowest BCUT2D eigenvalue weighted by Crippen LogP contribution is -2.35. The van der Waals surface area contributed by atoms with Crippen LogP contribution < -0.4 is 9.47 Å². The first-order valence-electron chi connectivity index (χ1n) is 7.15. The van der Waals surface area contributed by atoms with Gasteiger partial charge in [-0.25, -0.2) is 0 Å². The Balaban J connectivity index is 2.42. The van der Waals surface area contributed by atoms with E-state index in [9.17, 15) is 14.4 Å². The predicted octanol–water partition coefficient (Wildman–Crippen LogP) is 1.46. The summed E-state index contributed by atoms with van der Waals surface area (Å²) in [6.45, 7) is 0. The number of hydrogen-bond acceptors (Lipinski definition) is 6. The molecule has 2 amide bonds. The van der Waals surface area contributed by atoms with Crippen LogP contribution >= 0.6 is 0 Å². The lowest BCUT2D eigenvalue weighted by Gasteiger charge is -2.26. The lowest BCUT2D eigenvalue weighted by atomic mass is 10.0. The van der Waals surface area contributed by atoms with E-state index in [2.05, 4.69) is 4.74 Å². The molecule has 2 rings (SSSR count). The van der Waals surface area contributed by atoms with Gasteiger partial charge in [-0.1, -0.05) is 6.07 Å². The van der Waals surface area contributed by atoms with Crippen LogP contribution in [0.4, 0.5) is 0 Å². The van der Waals surface area contributed by atoms with Crippen molar-refractivity contribution in [2.45, 2.75) is 25.3 Å². The maximum atomic E-state index is 12.0.